The molecule has 2 unspecified atom stereocenters. The second-order valence-corrected chi connectivity index (χ2v) is 11.0. The van der Waals surface area contributed by atoms with Crippen LogP contribution in [0, 0.1) is 0 Å². The van der Waals surface area contributed by atoms with Gasteiger partial charge in [-0.3, -0.25) is 14.2 Å². The highest BCUT2D eigenvalue weighted by molar-refractivity contribution is 7.99. The van der Waals surface area contributed by atoms with E-state index in [1.807, 2.05) is 113 Å². The molecule has 4 aromatic rings. The minimum absolute atomic E-state index is 0.0228. The van der Waals surface area contributed by atoms with Gasteiger partial charge in [0.1, 0.15) is 5.75 Å². The molecule has 0 aliphatic carbocycles. The first kappa shape index (κ1) is 28.4. The van der Waals surface area contributed by atoms with Gasteiger partial charge in [-0.15, -0.1) is 10.2 Å². The Morgan fingerprint density at radius 3 is 2.39 bits per heavy atom. The van der Waals surface area contributed by atoms with Crippen LogP contribution in [0.5, 0.6) is 5.75 Å². The Hall–Kier alpha value is -4.11. The van der Waals surface area contributed by atoms with Crippen molar-refractivity contribution in [2.75, 3.05) is 32.5 Å². The first-order valence-corrected chi connectivity index (χ1v) is 14.9. The highest BCUT2D eigenvalue weighted by atomic mass is 32.2. The zero-order chi connectivity index (χ0) is 28.8. The predicted octanol–water partition coefficient (Wildman–Crippen LogP) is 5.29. The summed E-state index contributed by atoms with van der Waals surface area (Å²) in [6.07, 6.45) is 0.741. The van der Waals surface area contributed by atoms with Crippen molar-refractivity contribution in [2.24, 2.45) is 0 Å². The second-order valence-electron chi connectivity index (χ2n) is 10.1. The molecule has 2 amide bonds. The van der Waals surface area contributed by atoms with Crippen molar-refractivity contribution >= 4 is 23.6 Å². The number of aromatic nitrogens is 3. The third-order valence-electron chi connectivity index (χ3n) is 7.47. The summed E-state index contributed by atoms with van der Waals surface area (Å²) in [6.45, 7) is 5.62. The minimum Gasteiger partial charge on any atom is -0.497 e. The Labute approximate surface area is 245 Å². The molecule has 1 saturated heterocycles. The summed E-state index contributed by atoms with van der Waals surface area (Å²) in [6, 6.07) is 27.5. The number of nitrogens with zero attached hydrogens (tertiary/aromatic N) is 5. The van der Waals surface area contributed by atoms with Gasteiger partial charge in [-0.1, -0.05) is 79.3 Å². The molecule has 1 aromatic heterocycles. The topological polar surface area (TPSA) is 80.6 Å². The quantitative estimate of drug-likeness (QED) is 0.255. The molecule has 0 N–H and O–H groups in total. The van der Waals surface area contributed by atoms with Crippen LogP contribution in [0.2, 0.25) is 0 Å². The molecule has 0 bridgehead atoms. The fourth-order valence-electron chi connectivity index (χ4n) is 5.29. The lowest BCUT2D eigenvalue weighted by Crippen LogP contribution is -2.56. The molecule has 0 radical (unpaired) electrons. The second kappa shape index (κ2) is 13.0. The molecule has 3 aromatic carbocycles. The summed E-state index contributed by atoms with van der Waals surface area (Å²) in [4.78, 5) is 30.6. The third-order valence-corrected chi connectivity index (χ3v) is 8.39. The Balaban J connectivity index is 1.27. The van der Waals surface area contributed by atoms with Gasteiger partial charge < -0.3 is 14.5 Å². The fraction of sp³-hybridized carbons (Fsp3) is 0.312. The van der Waals surface area contributed by atoms with Crippen LogP contribution < -0.4 is 4.74 Å². The smallest absolute Gasteiger partial charge is 0.233 e. The molecule has 9 heteroatoms. The summed E-state index contributed by atoms with van der Waals surface area (Å²) in [7, 11) is 1.63. The molecule has 5 rings (SSSR count). The molecular weight excluding hydrogens is 534 g/mol. The lowest BCUT2D eigenvalue weighted by molar-refractivity contribution is -0.142. The molecule has 1 fully saturated rings. The number of carbonyl (C=O) groups is 2. The van der Waals surface area contributed by atoms with Crippen LogP contribution in [-0.4, -0.2) is 74.9 Å². The van der Waals surface area contributed by atoms with Crippen molar-refractivity contribution in [1.29, 1.82) is 0 Å². The Bertz CT molecular complexity index is 1480. The van der Waals surface area contributed by atoms with Gasteiger partial charge in [0, 0.05) is 36.9 Å². The van der Waals surface area contributed by atoms with Crippen LogP contribution in [-0.2, 0) is 9.59 Å². The monoisotopic (exact) mass is 569 g/mol. The average molecular weight is 570 g/mol. The van der Waals surface area contributed by atoms with Crippen molar-refractivity contribution < 1.29 is 14.3 Å². The van der Waals surface area contributed by atoms with Crippen LogP contribution in [0.4, 0.5) is 0 Å². The Kier molecular flexibility index (Phi) is 9.04. The van der Waals surface area contributed by atoms with Crippen molar-refractivity contribution in [3.8, 4) is 22.8 Å². The maximum atomic E-state index is 13.5. The number of piperazine rings is 1. The fourth-order valence-corrected chi connectivity index (χ4v) is 6.14. The average Bonchev–Trinajstić information content (AvgIpc) is 3.45. The van der Waals surface area contributed by atoms with E-state index >= 15 is 0 Å². The van der Waals surface area contributed by atoms with E-state index in [1.165, 1.54) is 11.8 Å². The van der Waals surface area contributed by atoms with Gasteiger partial charge >= 0.3 is 0 Å². The number of methoxy groups -OCH3 is 1. The van der Waals surface area contributed by atoms with Crippen LogP contribution in [0.1, 0.15) is 31.7 Å². The number of ether oxygens (including phenoxy) is 1. The molecule has 1 aliphatic heterocycles. The van der Waals surface area contributed by atoms with Crippen LogP contribution >= 0.6 is 11.8 Å². The predicted molar refractivity (Wildman–Crippen MR) is 161 cm³/mol. The van der Waals surface area contributed by atoms with Crippen molar-refractivity contribution in [2.45, 2.75) is 37.4 Å². The van der Waals surface area contributed by atoms with Gasteiger partial charge in [0.15, 0.2) is 11.0 Å². The van der Waals surface area contributed by atoms with Crippen molar-refractivity contribution in [3.63, 3.8) is 0 Å². The maximum Gasteiger partial charge on any atom is 0.233 e. The molecule has 41 heavy (non-hydrogen) atoms. The number of rotatable bonds is 9. The molecule has 0 spiro atoms. The highest BCUT2D eigenvalue weighted by Crippen LogP contribution is 2.30. The number of hydrogen-bond acceptors (Lipinski definition) is 6. The number of para-hydroxylation sites is 1. The summed E-state index contributed by atoms with van der Waals surface area (Å²) in [5.74, 6) is 1.62. The SMILES string of the molecule is CCC(C(=O)N1CCN(C(=O)CSc2nnc(-c3cccc(OC)c3)n2-c2ccccc2)CC1C)c1ccccc1. The Morgan fingerprint density at radius 2 is 1.71 bits per heavy atom. The van der Waals surface area contributed by atoms with Crippen molar-refractivity contribution in [3.05, 3.63) is 90.5 Å². The van der Waals surface area contributed by atoms with E-state index in [0.29, 0.717) is 30.6 Å². The largest absolute Gasteiger partial charge is 0.497 e. The lowest BCUT2D eigenvalue weighted by atomic mass is 9.94. The van der Waals surface area contributed by atoms with E-state index in [-0.39, 0.29) is 29.5 Å². The zero-order valence-electron chi connectivity index (χ0n) is 23.6. The van der Waals surface area contributed by atoms with E-state index < -0.39 is 0 Å². The lowest BCUT2D eigenvalue weighted by Gasteiger charge is -2.41. The van der Waals surface area contributed by atoms with E-state index in [9.17, 15) is 9.59 Å². The number of benzene rings is 3. The summed E-state index contributed by atoms with van der Waals surface area (Å²) in [5.41, 5.74) is 2.82. The van der Waals surface area contributed by atoms with Gasteiger partial charge in [0.25, 0.3) is 0 Å². The number of carbonyl (C=O) groups excluding carboxylic acids is 2. The standard InChI is InChI=1S/C32H35N5O3S/c1-4-28(24-12-7-5-8-13-24)31(39)36-19-18-35(21-23(36)2)29(38)22-41-32-34-33-30(25-14-11-17-27(20-25)40-3)37(32)26-15-9-6-10-16-26/h5-17,20,23,28H,4,18-19,21-22H2,1-3H3. The minimum atomic E-state index is -0.167. The number of thioether (sulfide) groups is 1. The van der Waals surface area contributed by atoms with Gasteiger partial charge in [-0.25, -0.2) is 0 Å². The van der Waals surface area contributed by atoms with Crippen LogP contribution in [0.15, 0.2) is 90.1 Å². The Morgan fingerprint density at radius 1 is 0.976 bits per heavy atom. The molecule has 2 atom stereocenters. The van der Waals surface area contributed by atoms with Crippen molar-refractivity contribution in [1.82, 2.24) is 24.6 Å². The van der Waals surface area contributed by atoms with Gasteiger partial charge in [-0.2, -0.15) is 0 Å². The first-order chi connectivity index (χ1) is 20.0. The molecule has 212 valence electrons. The molecule has 1 aliphatic rings. The summed E-state index contributed by atoms with van der Waals surface area (Å²) >= 11 is 1.37. The number of amides is 2. The van der Waals surface area contributed by atoms with Crippen LogP contribution in [0.25, 0.3) is 17.1 Å². The van der Waals surface area contributed by atoms with E-state index in [2.05, 4.69) is 10.2 Å². The zero-order valence-corrected chi connectivity index (χ0v) is 24.5. The molecule has 8 nitrogen and oxygen atoms in total. The van der Waals surface area contributed by atoms with Crippen LogP contribution in [0.3, 0.4) is 0 Å². The maximum absolute atomic E-state index is 13.5. The molecule has 2 heterocycles. The first-order valence-electron chi connectivity index (χ1n) is 13.9. The van der Waals surface area contributed by atoms with Gasteiger partial charge in [0.2, 0.25) is 11.8 Å². The summed E-state index contributed by atoms with van der Waals surface area (Å²) < 4.78 is 7.38. The molecular formula is C32H35N5O3S. The van der Waals surface area contributed by atoms with Gasteiger partial charge in [-0.05, 0) is 43.2 Å². The number of hydrogen-bond donors (Lipinski definition) is 0. The van der Waals surface area contributed by atoms with Gasteiger partial charge in [0.05, 0.1) is 18.8 Å². The summed E-state index contributed by atoms with van der Waals surface area (Å²) in [5, 5.41) is 9.58. The van der Waals surface area contributed by atoms with E-state index in [0.717, 1.165) is 29.0 Å². The highest BCUT2D eigenvalue weighted by Gasteiger charge is 2.33. The normalized spacial score (nSPS) is 15.9. The van der Waals surface area contributed by atoms with E-state index in [4.69, 9.17) is 4.74 Å². The third kappa shape index (κ3) is 6.30. The molecule has 0 saturated carbocycles. The van der Waals surface area contributed by atoms with E-state index in [1.54, 1.807) is 7.11 Å².